The van der Waals surface area contributed by atoms with Crippen molar-refractivity contribution in [2.45, 2.75) is 64.3 Å². The van der Waals surface area contributed by atoms with E-state index in [0.29, 0.717) is 24.4 Å². The molecule has 1 amide bonds. The Bertz CT molecular complexity index is 357. The summed E-state index contributed by atoms with van der Waals surface area (Å²) in [5, 5.41) is 0. The minimum atomic E-state index is 0.232. The molecule has 5 atom stereocenters. The number of hydrogen-bond donors (Lipinski definition) is 1. The molecule has 0 aromatic heterocycles. The maximum atomic E-state index is 13.0. The zero-order valence-corrected chi connectivity index (χ0v) is 12.9. The molecular formula is C17H30N2O. The zero-order valence-electron chi connectivity index (χ0n) is 12.9. The van der Waals surface area contributed by atoms with Gasteiger partial charge in [-0.15, -0.1) is 0 Å². The molecule has 5 unspecified atom stereocenters. The van der Waals surface area contributed by atoms with E-state index in [1.54, 1.807) is 0 Å². The van der Waals surface area contributed by atoms with Gasteiger partial charge in [-0.05, 0) is 56.4 Å². The zero-order chi connectivity index (χ0) is 14.1. The van der Waals surface area contributed by atoms with Crippen LogP contribution in [0, 0.1) is 23.7 Å². The van der Waals surface area contributed by atoms with Crippen molar-refractivity contribution in [2.24, 2.45) is 29.4 Å². The van der Waals surface area contributed by atoms with Crippen LogP contribution in [0.15, 0.2) is 0 Å². The molecule has 3 nitrogen and oxygen atoms in total. The van der Waals surface area contributed by atoms with Crippen LogP contribution in [0.5, 0.6) is 0 Å². The number of fused-ring (bicyclic) bond motifs is 1. The average Bonchev–Trinajstić information content (AvgIpc) is 2.96. The number of hydrogen-bond acceptors (Lipinski definition) is 2. The molecule has 1 saturated heterocycles. The third-order valence-electron chi connectivity index (χ3n) is 6.30. The lowest BCUT2D eigenvalue weighted by molar-refractivity contribution is -0.144. The van der Waals surface area contributed by atoms with Gasteiger partial charge in [-0.1, -0.05) is 26.2 Å². The number of piperidine rings is 1. The molecule has 3 heteroatoms. The van der Waals surface area contributed by atoms with Crippen LogP contribution in [-0.4, -0.2) is 29.9 Å². The van der Waals surface area contributed by atoms with Crippen molar-refractivity contribution in [3.8, 4) is 0 Å². The van der Waals surface area contributed by atoms with Gasteiger partial charge in [0.25, 0.3) is 0 Å². The van der Waals surface area contributed by atoms with Gasteiger partial charge in [0.05, 0.1) is 0 Å². The molecule has 0 aromatic rings. The van der Waals surface area contributed by atoms with E-state index in [-0.39, 0.29) is 5.92 Å². The molecule has 2 saturated carbocycles. The molecule has 114 valence electrons. The first-order valence-corrected chi connectivity index (χ1v) is 8.73. The highest BCUT2D eigenvalue weighted by Gasteiger charge is 2.43. The molecule has 3 aliphatic rings. The Hall–Kier alpha value is -0.570. The second-order valence-corrected chi connectivity index (χ2v) is 7.35. The monoisotopic (exact) mass is 278 g/mol. The Morgan fingerprint density at radius 2 is 1.90 bits per heavy atom. The van der Waals surface area contributed by atoms with Crippen LogP contribution in [0.1, 0.15) is 58.3 Å². The summed E-state index contributed by atoms with van der Waals surface area (Å²) in [5.41, 5.74) is 5.87. The normalized spacial score (nSPS) is 41.5. The molecule has 0 aromatic carbocycles. The quantitative estimate of drug-likeness (QED) is 0.844. The molecule has 1 aliphatic heterocycles. The Kier molecular flexibility index (Phi) is 4.34. The number of nitrogens with zero attached hydrogens (tertiary/aromatic N) is 1. The summed E-state index contributed by atoms with van der Waals surface area (Å²) in [5.74, 6) is 2.69. The van der Waals surface area contributed by atoms with E-state index in [4.69, 9.17) is 5.73 Å². The van der Waals surface area contributed by atoms with Gasteiger partial charge in [-0.25, -0.2) is 0 Å². The second-order valence-electron chi connectivity index (χ2n) is 7.35. The highest BCUT2D eigenvalue weighted by atomic mass is 16.2. The largest absolute Gasteiger partial charge is 0.339 e. The van der Waals surface area contributed by atoms with E-state index in [9.17, 15) is 4.79 Å². The van der Waals surface area contributed by atoms with Crippen molar-refractivity contribution in [3.63, 3.8) is 0 Å². The number of carbonyl (C=O) groups excluding carboxylic acids is 1. The molecule has 0 radical (unpaired) electrons. The highest BCUT2D eigenvalue weighted by molar-refractivity contribution is 5.80. The summed E-state index contributed by atoms with van der Waals surface area (Å²) in [4.78, 5) is 15.3. The molecule has 0 bridgehead atoms. The summed E-state index contributed by atoms with van der Waals surface area (Å²) in [6.07, 6.45) is 9.87. The van der Waals surface area contributed by atoms with E-state index in [1.165, 1.54) is 38.5 Å². The molecule has 1 heterocycles. The summed E-state index contributed by atoms with van der Waals surface area (Å²) in [6.45, 7) is 4.08. The molecule has 3 fully saturated rings. The summed E-state index contributed by atoms with van der Waals surface area (Å²) < 4.78 is 0. The van der Waals surface area contributed by atoms with Gasteiger partial charge in [-0.2, -0.15) is 0 Å². The van der Waals surface area contributed by atoms with E-state index >= 15 is 0 Å². The van der Waals surface area contributed by atoms with E-state index in [1.807, 2.05) is 0 Å². The van der Waals surface area contributed by atoms with Crippen molar-refractivity contribution >= 4 is 5.91 Å². The minimum absolute atomic E-state index is 0.232. The first-order valence-electron chi connectivity index (χ1n) is 8.73. The third kappa shape index (κ3) is 2.49. The Balaban J connectivity index is 1.73. The maximum absolute atomic E-state index is 13.0. The Labute approximate surface area is 123 Å². The predicted octanol–water partition coefficient (Wildman–Crippen LogP) is 2.79. The van der Waals surface area contributed by atoms with Crippen LogP contribution >= 0.6 is 0 Å². The van der Waals surface area contributed by atoms with Gasteiger partial charge < -0.3 is 10.6 Å². The van der Waals surface area contributed by atoms with Crippen LogP contribution in [-0.2, 0) is 4.79 Å². The second kappa shape index (κ2) is 6.05. The van der Waals surface area contributed by atoms with Crippen molar-refractivity contribution in [1.29, 1.82) is 0 Å². The van der Waals surface area contributed by atoms with Gasteiger partial charge in [0.2, 0.25) is 5.91 Å². The first-order chi connectivity index (χ1) is 9.72. The van der Waals surface area contributed by atoms with Crippen LogP contribution in [0.3, 0.4) is 0 Å². The lowest BCUT2D eigenvalue weighted by atomic mass is 9.72. The molecular weight excluding hydrogens is 248 g/mol. The number of carbonyl (C=O) groups is 1. The van der Waals surface area contributed by atoms with Crippen LogP contribution in [0.2, 0.25) is 0 Å². The molecule has 3 rings (SSSR count). The SMILES string of the molecule is CC1CCN(C(=O)C2CCCC2CN)C2CCCCC12. The van der Waals surface area contributed by atoms with Crippen molar-refractivity contribution in [1.82, 2.24) is 4.90 Å². The van der Waals surface area contributed by atoms with Crippen molar-refractivity contribution in [2.75, 3.05) is 13.1 Å². The lowest BCUT2D eigenvalue weighted by Gasteiger charge is -2.48. The summed E-state index contributed by atoms with van der Waals surface area (Å²) >= 11 is 0. The maximum Gasteiger partial charge on any atom is 0.226 e. The van der Waals surface area contributed by atoms with Crippen LogP contribution in [0.4, 0.5) is 0 Å². The first kappa shape index (κ1) is 14.4. The number of amides is 1. The fraction of sp³-hybridized carbons (Fsp3) is 0.941. The number of likely N-dealkylation sites (tertiary alicyclic amines) is 1. The van der Waals surface area contributed by atoms with Crippen LogP contribution < -0.4 is 5.73 Å². The fourth-order valence-electron chi connectivity index (χ4n) is 5.04. The van der Waals surface area contributed by atoms with Gasteiger partial charge >= 0.3 is 0 Å². The standard InChI is InChI=1S/C17H30N2O/c1-12-9-10-19(16-8-3-2-6-14(12)16)17(20)15-7-4-5-13(15)11-18/h12-16H,2-11,18H2,1H3. The Morgan fingerprint density at radius 1 is 1.10 bits per heavy atom. The van der Waals surface area contributed by atoms with Crippen molar-refractivity contribution in [3.05, 3.63) is 0 Å². The third-order valence-corrected chi connectivity index (χ3v) is 6.30. The average molecular weight is 278 g/mol. The highest BCUT2D eigenvalue weighted by Crippen LogP contribution is 2.41. The van der Waals surface area contributed by atoms with Gasteiger partial charge in [0, 0.05) is 18.5 Å². The molecule has 20 heavy (non-hydrogen) atoms. The summed E-state index contributed by atoms with van der Waals surface area (Å²) in [6, 6.07) is 0.541. The van der Waals surface area contributed by atoms with Crippen LogP contribution in [0.25, 0.3) is 0 Å². The Morgan fingerprint density at radius 3 is 2.70 bits per heavy atom. The van der Waals surface area contributed by atoms with Crippen molar-refractivity contribution < 1.29 is 4.79 Å². The summed E-state index contributed by atoms with van der Waals surface area (Å²) in [7, 11) is 0. The predicted molar refractivity (Wildman–Crippen MR) is 81.1 cm³/mol. The lowest BCUT2D eigenvalue weighted by Crippen LogP contribution is -2.54. The number of nitrogens with two attached hydrogens (primary N) is 1. The molecule has 0 spiro atoms. The van der Waals surface area contributed by atoms with Gasteiger partial charge in [0.15, 0.2) is 0 Å². The van der Waals surface area contributed by atoms with Gasteiger partial charge in [-0.3, -0.25) is 4.79 Å². The van der Waals surface area contributed by atoms with Gasteiger partial charge in [0.1, 0.15) is 0 Å². The fourth-order valence-corrected chi connectivity index (χ4v) is 5.04. The molecule has 2 aliphatic carbocycles. The minimum Gasteiger partial charge on any atom is -0.339 e. The topological polar surface area (TPSA) is 46.3 Å². The smallest absolute Gasteiger partial charge is 0.226 e. The van der Waals surface area contributed by atoms with E-state index in [0.717, 1.165) is 31.2 Å². The number of rotatable bonds is 2. The van der Waals surface area contributed by atoms with E-state index in [2.05, 4.69) is 11.8 Å². The van der Waals surface area contributed by atoms with E-state index < -0.39 is 0 Å². The molecule has 2 N–H and O–H groups in total.